The highest BCUT2D eigenvalue weighted by molar-refractivity contribution is 5.93. The minimum Gasteiger partial charge on any atom is -0.464 e. The van der Waals surface area contributed by atoms with E-state index in [9.17, 15) is 9.59 Å². The highest BCUT2D eigenvalue weighted by Crippen LogP contribution is 2.15. The zero-order chi connectivity index (χ0) is 15.4. The van der Waals surface area contributed by atoms with Gasteiger partial charge in [-0.2, -0.15) is 5.10 Å². The Bertz CT molecular complexity index is 680. The molecule has 0 aliphatic rings. The van der Waals surface area contributed by atoms with Crippen molar-refractivity contribution in [2.75, 3.05) is 19.4 Å². The Balaban J connectivity index is 2.36. The topological polar surface area (TPSA) is 112 Å². The number of carbonyl (C=O) groups excluding carboxylic acids is 2. The van der Waals surface area contributed by atoms with Crippen LogP contribution < -0.4 is 11.1 Å². The minimum absolute atomic E-state index is 0.0221. The fourth-order valence-corrected chi connectivity index (χ4v) is 1.71. The molecule has 0 aliphatic carbocycles. The Morgan fingerprint density at radius 1 is 1.48 bits per heavy atom. The van der Waals surface area contributed by atoms with Gasteiger partial charge in [0, 0.05) is 12.7 Å². The number of carbonyl (C=O) groups is 2. The summed E-state index contributed by atoms with van der Waals surface area (Å²) in [7, 11) is 1.25. The SMILES string of the molecule is CCNC(=O)c1cc(-n2cc(N)c(C(=O)OC)n2)ccn1. The smallest absolute Gasteiger partial charge is 0.360 e. The van der Waals surface area contributed by atoms with E-state index in [-0.39, 0.29) is 23.0 Å². The summed E-state index contributed by atoms with van der Waals surface area (Å²) in [6.07, 6.45) is 2.96. The lowest BCUT2D eigenvalue weighted by Gasteiger charge is -2.04. The van der Waals surface area contributed by atoms with Crippen molar-refractivity contribution >= 4 is 17.6 Å². The molecule has 8 nitrogen and oxygen atoms in total. The zero-order valence-electron chi connectivity index (χ0n) is 11.7. The molecule has 2 aromatic rings. The molecule has 0 aliphatic heterocycles. The van der Waals surface area contributed by atoms with Gasteiger partial charge in [-0.25, -0.2) is 9.48 Å². The number of esters is 1. The van der Waals surface area contributed by atoms with E-state index in [1.165, 1.54) is 24.2 Å². The van der Waals surface area contributed by atoms with Crippen LogP contribution in [0.15, 0.2) is 24.5 Å². The molecule has 0 bridgehead atoms. The van der Waals surface area contributed by atoms with Gasteiger partial charge in [0.2, 0.25) is 0 Å². The third-order valence-corrected chi connectivity index (χ3v) is 2.70. The number of nitrogen functional groups attached to an aromatic ring is 1. The molecule has 21 heavy (non-hydrogen) atoms. The van der Waals surface area contributed by atoms with Gasteiger partial charge in [-0.05, 0) is 19.1 Å². The number of anilines is 1. The predicted molar refractivity (Wildman–Crippen MR) is 75.1 cm³/mol. The number of hydrogen-bond donors (Lipinski definition) is 2. The molecule has 0 saturated heterocycles. The van der Waals surface area contributed by atoms with E-state index in [1.54, 1.807) is 12.1 Å². The number of nitrogens with zero attached hydrogens (tertiary/aromatic N) is 3. The van der Waals surface area contributed by atoms with E-state index >= 15 is 0 Å². The molecule has 0 aromatic carbocycles. The first-order chi connectivity index (χ1) is 10.1. The monoisotopic (exact) mass is 289 g/mol. The second kappa shape index (κ2) is 6.04. The molecule has 0 fully saturated rings. The van der Waals surface area contributed by atoms with Crippen LogP contribution in [0.3, 0.4) is 0 Å². The summed E-state index contributed by atoms with van der Waals surface area (Å²) in [5.41, 5.74) is 6.75. The summed E-state index contributed by atoms with van der Waals surface area (Å²) >= 11 is 0. The van der Waals surface area contributed by atoms with Gasteiger partial charge in [0.15, 0.2) is 5.69 Å². The summed E-state index contributed by atoms with van der Waals surface area (Å²) < 4.78 is 5.98. The first-order valence-corrected chi connectivity index (χ1v) is 6.25. The molecule has 3 N–H and O–H groups in total. The maximum atomic E-state index is 11.8. The molecular weight excluding hydrogens is 274 g/mol. The standard InChI is InChI=1S/C13H15N5O3/c1-3-15-12(19)10-6-8(4-5-16-10)18-7-9(14)11(17-18)13(20)21-2/h4-7H,3,14H2,1-2H3,(H,15,19). The molecule has 0 spiro atoms. The minimum atomic E-state index is -0.621. The zero-order valence-corrected chi connectivity index (χ0v) is 11.7. The van der Waals surface area contributed by atoms with Crippen LogP contribution in [-0.2, 0) is 4.74 Å². The van der Waals surface area contributed by atoms with Crippen LogP contribution in [0, 0.1) is 0 Å². The molecule has 2 heterocycles. The van der Waals surface area contributed by atoms with E-state index < -0.39 is 5.97 Å². The number of ether oxygens (including phenoxy) is 1. The number of nitrogens with two attached hydrogens (primary N) is 1. The summed E-state index contributed by atoms with van der Waals surface area (Å²) in [5.74, 6) is -0.906. The van der Waals surface area contributed by atoms with Crippen LogP contribution in [0.25, 0.3) is 5.69 Å². The molecule has 0 radical (unpaired) electrons. The van der Waals surface area contributed by atoms with Crippen molar-refractivity contribution in [3.05, 3.63) is 35.9 Å². The molecule has 1 amide bonds. The Labute approximate surface area is 120 Å². The van der Waals surface area contributed by atoms with Gasteiger partial charge in [0.1, 0.15) is 5.69 Å². The van der Waals surface area contributed by atoms with E-state index in [0.29, 0.717) is 12.2 Å². The van der Waals surface area contributed by atoms with Crippen molar-refractivity contribution in [2.45, 2.75) is 6.92 Å². The van der Waals surface area contributed by atoms with Gasteiger partial charge in [0.25, 0.3) is 5.91 Å². The molecule has 110 valence electrons. The van der Waals surface area contributed by atoms with Crippen LogP contribution in [0.4, 0.5) is 5.69 Å². The van der Waals surface area contributed by atoms with E-state index in [4.69, 9.17) is 5.73 Å². The van der Waals surface area contributed by atoms with Crippen molar-refractivity contribution in [1.82, 2.24) is 20.1 Å². The maximum absolute atomic E-state index is 11.8. The van der Waals surface area contributed by atoms with Crippen LogP contribution >= 0.6 is 0 Å². The van der Waals surface area contributed by atoms with E-state index in [0.717, 1.165) is 0 Å². The fourth-order valence-electron chi connectivity index (χ4n) is 1.71. The van der Waals surface area contributed by atoms with Gasteiger partial charge in [-0.15, -0.1) is 0 Å². The first-order valence-electron chi connectivity index (χ1n) is 6.25. The maximum Gasteiger partial charge on any atom is 0.360 e. The Hall–Kier alpha value is -2.90. The van der Waals surface area contributed by atoms with Gasteiger partial charge in [-0.3, -0.25) is 9.78 Å². The number of methoxy groups -OCH3 is 1. The number of hydrogen-bond acceptors (Lipinski definition) is 6. The summed E-state index contributed by atoms with van der Waals surface area (Å²) in [4.78, 5) is 27.2. The van der Waals surface area contributed by atoms with E-state index in [2.05, 4.69) is 20.1 Å². The average Bonchev–Trinajstić information content (AvgIpc) is 2.89. The van der Waals surface area contributed by atoms with Crippen LogP contribution in [-0.4, -0.2) is 40.3 Å². The second-order valence-electron chi connectivity index (χ2n) is 4.13. The van der Waals surface area contributed by atoms with Gasteiger partial charge in [0.05, 0.1) is 24.7 Å². The second-order valence-corrected chi connectivity index (χ2v) is 4.13. The average molecular weight is 289 g/mol. The molecular formula is C13H15N5O3. The van der Waals surface area contributed by atoms with Gasteiger partial charge >= 0.3 is 5.97 Å². The van der Waals surface area contributed by atoms with Crippen molar-refractivity contribution in [3.63, 3.8) is 0 Å². The largest absolute Gasteiger partial charge is 0.464 e. The van der Waals surface area contributed by atoms with Crippen LogP contribution in [0.5, 0.6) is 0 Å². The number of pyridine rings is 1. The first kappa shape index (κ1) is 14.5. The van der Waals surface area contributed by atoms with Crippen molar-refractivity contribution < 1.29 is 14.3 Å². The number of aromatic nitrogens is 3. The Morgan fingerprint density at radius 3 is 2.90 bits per heavy atom. The number of amides is 1. The summed E-state index contributed by atoms with van der Waals surface area (Å²) in [6.45, 7) is 2.32. The molecule has 0 unspecified atom stereocenters. The van der Waals surface area contributed by atoms with Crippen molar-refractivity contribution in [1.29, 1.82) is 0 Å². The third-order valence-electron chi connectivity index (χ3n) is 2.70. The highest BCUT2D eigenvalue weighted by Gasteiger charge is 2.16. The molecule has 8 heteroatoms. The quantitative estimate of drug-likeness (QED) is 0.787. The lowest BCUT2D eigenvalue weighted by Crippen LogP contribution is -2.23. The van der Waals surface area contributed by atoms with Crippen molar-refractivity contribution in [3.8, 4) is 5.69 Å². The lowest BCUT2D eigenvalue weighted by molar-refractivity contribution is 0.0594. The van der Waals surface area contributed by atoms with Gasteiger partial charge in [-0.1, -0.05) is 0 Å². The molecule has 0 atom stereocenters. The number of nitrogens with one attached hydrogen (secondary N) is 1. The highest BCUT2D eigenvalue weighted by atomic mass is 16.5. The number of rotatable bonds is 4. The molecule has 2 aromatic heterocycles. The van der Waals surface area contributed by atoms with Gasteiger partial charge < -0.3 is 15.8 Å². The lowest BCUT2D eigenvalue weighted by atomic mass is 10.3. The van der Waals surface area contributed by atoms with E-state index in [1.807, 2.05) is 6.92 Å². The normalized spacial score (nSPS) is 10.2. The predicted octanol–water partition coefficient (Wildman–Crippen LogP) is 0.386. The fraction of sp³-hybridized carbons (Fsp3) is 0.231. The summed E-state index contributed by atoms with van der Waals surface area (Å²) in [6, 6.07) is 3.20. The molecule has 2 rings (SSSR count). The van der Waals surface area contributed by atoms with Crippen LogP contribution in [0.1, 0.15) is 27.9 Å². The van der Waals surface area contributed by atoms with Crippen LogP contribution in [0.2, 0.25) is 0 Å². The Kier molecular flexibility index (Phi) is 4.17. The third kappa shape index (κ3) is 2.99. The Morgan fingerprint density at radius 2 is 2.24 bits per heavy atom. The molecule has 0 saturated carbocycles. The van der Waals surface area contributed by atoms with Crippen molar-refractivity contribution in [2.24, 2.45) is 0 Å². The summed E-state index contributed by atoms with van der Waals surface area (Å²) in [5, 5.41) is 6.71.